The normalized spacial score (nSPS) is 19.6. The van der Waals surface area contributed by atoms with E-state index in [1.165, 1.54) is 0 Å². The van der Waals surface area contributed by atoms with Gasteiger partial charge in [-0.25, -0.2) is 4.79 Å². The van der Waals surface area contributed by atoms with Gasteiger partial charge in [0.05, 0.1) is 12.5 Å². The monoisotopic (exact) mass is 320 g/mol. The molecule has 122 valence electrons. The number of Topliss-reactive ketones (excluding diaryl/α,β-unsaturated/α-hetero) is 1. The molecule has 0 unspecified atom stereocenters. The Morgan fingerprint density at radius 2 is 1.62 bits per heavy atom. The fraction of sp³-hybridized carbons (Fsp3) is 0.238. The highest BCUT2D eigenvalue weighted by Gasteiger charge is 2.40. The summed E-state index contributed by atoms with van der Waals surface area (Å²) in [6, 6.07) is 19.0. The molecule has 0 aromatic heterocycles. The molecule has 0 amide bonds. The lowest BCUT2D eigenvalue weighted by Crippen LogP contribution is -2.25. The molecule has 0 N–H and O–H groups in total. The molecule has 0 heterocycles. The zero-order valence-electron chi connectivity index (χ0n) is 13.6. The Kier molecular flexibility index (Phi) is 4.90. The number of hydrogen-bond acceptors (Lipinski definition) is 3. The van der Waals surface area contributed by atoms with Crippen LogP contribution in [0, 0.1) is 5.92 Å². The van der Waals surface area contributed by atoms with Crippen LogP contribution in [0.3, 0.4) is 0 Å². The van der Waals surface area contributed by atoms with Crippen molar-refractivity contribution in [3.8, 4) is 0 Å². The van der Waals surface area contributed by atoms with Gasteiger partial charge in [0.1, 0.15) is 0 Å². The van der Waals surface area contributed by atoms with Crippen molar-refractivity contribution in [2.24, 2.45) is 5.92 Å². The van der Waals surface area contributed by atoms with Crippen LogP contribution in [-0.2, 0) is 9.53 Å². The summed E-state index contributed by atoms with van der Waals surface area (Å²) in [6.07, 6.45) is 2.53. The maximum absolute atomic E-state index is 13.1. The standard InChI is InChI=1S/C21H20O3/c1-2-24-21(23)18-14-13-17(15-9-5-3-6-10-15)19(18)20(22)16-11-7-4-8-12-16/h3-12,14,17,19H,2,13H2,1H3/t17-,19-/m1/s1. The summed E-state index contributed by atoms with van der Waals surface area (Å²) in [4.78, 5) is 25.4. The number of benzene rings is 2. The van der Waals surface area contributed by atoms with E-state index >= 15 is 0 Å². The smallest absolute Gasteiger partial charge is 0.334 e. The van der Waals surface area contributed by atoms with Crippen molar-refractivity contribution in [3.05, 3.63) is 83.4 Å². The molecule has 3 nitrogen and oxygen atoms in total. The van der Waals surface area contributed by atoms with Gasteiger partial charge in [0.25, 0.3) is 0 Å². The second-order valence-corrected chi connectivity index (χ2v) is 5.84. The van der Waals surface area contributed by atoms with E-state index in [-0.39, 0.29) is 17.7 Å². The summed E-state index contributed by atoms with van der Waals surface area (Å²) in [5.74, 6) is -0.932. The Morgan fingerprint density at radius 1 is 1.00 bits per heavy atom. The minimum Gasteiger partial charge on any atom is -0.463 e. The van der Waals surface area contributed by atoms with Crippen molar-refractivity contribution < 1.29 is 14.3 Å². The molecule has 0 radical (unpaired) electrons. The number of carbonyl (C=O) groups excluding carboxylic acids is 2. The number of carbonyl (C=O) groups is 2. The summed E-state index contributed by atoms with van der Waals surface area (Å²) in [6.45, 7) is 2.08. The van der Waals surface area contributed by atoms with E-state index in [1.807, 2.05) is 54.6 Å². The first kappa shape index (κ1) is 16.2. The fourth-order valence-corrected chi connectivity index (χ4v) is 3.29. The fourth-order valence-electron chi connectivity index (χ4n) is 3.29. The molecule has 0 spiro atoms. The third kappa shape index (κ3) is 3.16. The van der Waals surface area contributed by atoms with Crippen LogP contribution >= 0.6 is 0 Å². The molecular formula is C21H20O3. The van der Waals surface area contributed by atoms with E-state index in [4.69, 9.17) is 4.74 Å². The molecule has 2 aromatic rings. The van der Waals surface area contributed by atoms with Gasteiger partial charge >= 0.3 is 5.97 Å². The van der Waals surface area contributed by atoms with Gasteiger partial charge < -0.3 is 4.74 Å². The lowest BCUT2D eigenvalue weighted by atomic mass is 9.80. The van der Waals surface area contributed by atoms with Gasteiger partial charge in [-0.1, -0.05) is 66.7 Å². The third-order valence-corrected chi connectivity index (χ3v) is 4.41. The Morgan fingerprint density at radius 3 is 2.25 bits per heavy atom. The zero-order valence-corrected chi connectivity index (χ0v) is 13.6. The van der Waals surface area contributed by atoms with Crippen molar-refractivity contribution in [1.82, 2.24) is 0 Å². The van der Waals surface area contributed by atoms with E-state index in [1.54, 1.807) is 19.1 Å². The molecular weight excluding hydrogens is 300 g/mol. The van der Waals surface area contributed by atoms with Crippen molar-refractivity contribution >= 4 is 11.8 Å². The van der Waals surface area contributed by atoms with Gasteiger partial charge in [-0.3, -0.25) is 4.79 Å². The third-order valence-electron chi connectivity index (χ3n) is 4.41. The Balaban J connectivity index is 1.97. The van der Waals surface area contributed by atoms with Gasteiger partial charge in [0.15, 0.2) is 5.78 Å². The summed E-state index contributed by atoms with van der Waals surface area (Å²) < 4.78 is 5.17. The molecule has 1 aliphatic carbocycles. The number of rotatable bonds is 5. The zero-order chi connectivity index (χ0) is 16.9. The van der Waals surface area contributed by atoms with E-state index in [0.29, 0.717) is 24.2 Å². The molecule has 0 saturated carbocycles. The maximum atomic E-state index is 13.1. The summed E-state index contributed by atoms with van der Waals surface area (Å²) in [7, 11) is 0. The van der Waals surface area contributed by atoms with Crippen LogP contribution in [0.4, 0.5) is 0 Å². The molecule has 0 fully saturated rings. The molecule has 24 heavy (non-hydrogen) atoms. The second-order valence-electron chi connectivity index (χ2n) is 5.84. The highest BCUT2D eigenvalue weighted by atomic mass is 16.5. The van der Waals surface area contributed by atoms with E-state index in [2.05, 4.69) is 0 Å². The predicted octanol–water partition coefficient (Wildman–Crippen LogP) is 4.16. The number of hydrogen-bond donors (Lipinski definition) is 0. The van der Waals surface area contributed by atoms with Gasteiger partial charge in [-0.05, 0) is 18.9 Å². The van der Waals surface area contributed by atoms with E-state index in [0.717, 1.165) is 5.56 Å². The lowest BCUT2D eigenvalue weighted by Gasteiger charge is -2.22. The average molecular weight is 320 g/mol. The first-order chi connectivity index (χ1) is 11.7. The molecule has 0 aliphatic heterocycles. The highest BCUT2D eigenvalue weighted by Crippen LogP contribution is 2.41. The topological polar surface area (TPSA) is 43.4 Å². The van der Waals surface area contributed by atoms with Crippen LogP contribution in [-0.4, -0.2) is 18.4 Å². The van der Waals surface area contributed by atoms with E-state index < -0.39 is 5.92 Å². The molecule has 3 rings (SSSR count). The summed E-state index contributed by atoms with van der Waals surface area (Å²) in [5.41, 5.74) is 2.18. The Hall–Kier alpha value is -2.68. The van der Waals surface area contributed by atoms with Crippen molar-refractivity contribution in [1.29, 1.82) is 0 Å². The summed E-state index contributed by atoms with van der Waals surface area (Å²) in [5, 5.41) is 0. The number of ether oxygens (including phenoxy) is 1. The second kappa shape index (κ2) is 7.26. The molecule has 3 heteroatoms. The van der Waals surface area contributed by atoms with Gasteiger partial charge in [-0.2, -0.15) is 0 Å². The predicted molar refractivity (Wildman–Crippen MR) is 92.8 cm³/mol. The summed E-state index contributed by atoms with van der Waals surface area (Å²) >= 11 is 0. The molecule has 0 saturated heterocycles. The Labute approximate surface area is 142 Å². The van der Waals surface area contributed by atoms with Crippen molar-refractivity contribution in [2.75, 3.05) is 6.61 Å². The number of esters is 1. The lowest BCUT2D eigenvalue weighted by molar-refractivity contribution is -0.138. The largest absolute Gasteiger partial charge is 0.463 e. The van der Waals surface area contributed by atoms with Crippen molar-refractivity contribution in [2.45, 2.75) is 19.3 Å². The first-order valence-electron chi connectivity index (χ1n) is 8.23. The minimum atomic E-state index is -0.492. The van der Waals surface area contributed by atoms with Gasteiger partial charge in [-0.15, -0.1) is 0 Å². The number of ketones is 1. The van der Waals surface area contributed by atoms with Crippen LogP contribution < -0.4 is 0 Å². The molecule has 0 bridgehead atoms. The van der Waals surface area contributed by atoms with E-state index in [9.17, 15) is 9.59 Å². The van der Waals surface area contributed by atoms with Crippen LogP contribution in [0.25, 0.3) is 0 Å². The van der Waals surface area contributed by atoms with Crippen LogP contribution in [0.1, 0.15) is 35.2 Å². The highest BCUT2D eigenvalue weighted by molar-refractivity contribution is 6.06. The number of allylic oxidation sites excluding steroid dienone is 1. The molecule has 2 aromatic carbocycles. The quantitative estimate of drug-likeness (QED) is 0.613. The molecule has 2 atom stereocenters. The van der Waals surface area contributed by atoms with Crippen LogP contribution in [0.2, 0.25) is 0 Å². The van der Waals surface area contributed by atoms with Gasteiger partial charge in [0.2, 0.25) is 0 Å². The van der Waals surface area contributed by atoms with Crippen LogP contribution in [0.15, 0.2) is 72.3 Å². The molecule has 1 aliphatic rings. The van der Waals surface area contributed by atoms with Crippen LogP contribution in [0.5, 0.6) is 0 Å². The Bertz CT molecular complexity index is 747. The van der Waals surface area contributed by atoms with Gasteiger partial charge in [0, 0.05) is 17.1 Å². The maximum Gasteiger partial charge on any atom is 0.334 e. The first-order valence-corrected chi connectivity index (χ1v) is 8.23. The SMILES string of the molecule is CCOC(=O)C1=CC[C@H](c2ccccc2)[C@H]1C(=O)c1ccccc1. The average Bonchev–Trinajstić information content (AvgIpc) is 3.08. The van der Waals surface area contributed by atoms with Crippen molar-refractivity contribution in [3.63, 3.8) is 0 Å². The minimum absolute atomic E-state index is 0.0266.